The molecule has 0 radical (unpaired) electrons. The normalized spacial score (nSPS) is 11.9. The maximum Gasteiger partial charge on any atom is 0.248 e. The first-order chi connectivity index (χ1) is 8.93. The summed E-state index contributed by atoms with van der Waals surface area (Å²) in [6, 6.07) is 5.27. The zero-order valence-corrected chi connectivity index (χ0v) is 11.6. The predicted molar refractivity (Wildman–Crippen MR) is 76.1 cm³/mol. The van der Waals surface area contributed by atoms with Crippen LogP contribution in [0.2, 0.25) is 0 Å². The number of carbonyl (C=O) groups is 2. The lowest BCUT2D eigenvalue weighted by atomic mass is 10.1. The Morgan fingerprint density at radius 3 is 2.58 bits per heavy atom. The number of primary amides is 1. The van der Waals surface area contributed by atoms with Crippen molar-refractivity contribution in [1.82, 2.24) is 5.32 Å². The minimum Gasteiger partial charge on any atom is -0.366 e. The molecule has 1 rings (SSSR count). The van der Waals surface area contributed by atoms with Gasteiger partial charge in [0.25, 0.3) is 0 Å². The fraction of sp³-hybridized carbons (Fsp3) is 0.429. The van der Waals surface area contributed by atoms with Gasteiger partial charge in [-0.25, -0.2) is 0 Å². The molecule has 0 bridgehead atoms. The molecule has 1 aromatic rings. The van der Waals surface area contributed by atoms with Crippen LogP contribution in [-0.4, -0.2) is 24.4 Å². The van der Waals surface area contributed by atoms with Crippen molar-refractivity contribution in [3.8, 4) is 0 Å². The van der Waals surface area contributed by atoms with Crippen molar-refractivity contribution in [2.24, 2.45) is 5.73 Å². The van der Waals surface area contributed by atoms with Crippen LogP contribution in [0.4, 0.5) is 5.69 Å². The van der Waals surface area contributed by atoms with E-state index in [0.717, 1.165) is 12.0 Å². The minimum atomic E-state index is -0.473. The van der Waals surface area contributed by atoms with Gasteiger partial charge in [0, 0.05) is 17.3 Å². The standard InChI is InChI=1S/C14H21N3O2/c1-4-10(3)16-8-13(18)17-12-6-5-11(14(15)19)7-9(12)2/h5-7,10,16H,4,8H2,1-3H3,(H2,15,19)(H,17,18). The Balaban J connectivity index is 2.62. The number of amides is 2. The van der Waals surface area contributed by atoms with Gasteiger partial charge in [0.15, 0.2) is 0 Å². The van der Waals surface area contributed by atoms with E-state index in [2.05, 4.69) is 17.6 Å². The maximum atomic E-state index is 11.7. The van der Waals surface area contributed by atoms with Gasteiger partial charge in [-0.3, -0.25) is 9.59 Å². The van der Waals surface area contributed by atoms with Crippen LogP contribution in [0.25, 0.3) is 0 Å². The highest BCUT2D eigenvalue weighted by Gasteiger charge is 2.08. The lowest BCUT2D eigenvalue weighted by Crippen LogP contribution is -2.34. The second-order valence-electron chi connectivity index (χ2n) is 4.63. The Labute approximate surface area is 113 Å². The maximum absolute atomic E-state index is 11.7. The third-order valence-electron chi connectivity index (χ3n) is 3.01. The molecule has 1 unspecified atom stereocenters. The van der Waals surface area contributed by atoms with Crippen LogP contribution in [0.1, 0.15) is 36.2 Å². The first-order valence-corrected chi connectivity index (χ1v) is 6.37. The molecule has 0 fully saturated rings. The summed E-state index contributed by atoms with van der Waals surface area (Å²) in [4.78, 5) is 22.8. The van der Waals surface area contributed by atoms with Gasteiger partial charge in [0.2, 0.25) is 11.8 Å². The molecule has 104 valence electrons. The summed E-state index contributed by atoms with van der Waals surface area (Å²) in [5.41, 5.74) is 7.14. The van der Waals surface area contributed by atoms with Gasteiger partial charge in [0.05, 0.1) is 6.54 Å². The Kier molecular flexibility index (Phi) is 5.51. The molecule has 1 aromatic carbocycles. The first kappa shape index (κ1) is 15.2. The Bertz CT molecular complexity index is 472. The largest absolute Gasteiger partial charge is 0.366 e. The molecule has 0 heterocycles. The molecule has 5 nitrogen and oxygen atoms in total. The Morgan fingerprint density at radius 2 is 2.05 bits per heavy atom. The Hall–Kier alpha value is -1.88. The van der Waals surface area contributed by atoms with Crippen LogP contribution < -0.4 is 16.4 Å². The number of anilines is 1. The highest BCUT2D eigenvalue weighted by molar-refractivity contribution is 5.96. The fourth-order valence-electron chi connectivity index (χ4n) is 1.56. The molecule has 19 heavy (non-hydrogen) atoms. The summed E-state index contributed by atoms with van der Waals surface area (Å²) in [6.45, 7) is 6.18. The fourth-order valence-corrected chi connectivity index (χ4v) is 1.56. The van der Waals surface area contributed by atoms with Gasteiger partial charge in [0.1, 0.15) is 0 Å². The van der Waals surface area contributed by atoms with Crippen LogP contribution >= 0.6 is 0 Å². The lowest BCUT2D eigenvalue weighted by molar-refractivity contribution is -0.115. The zero-order valence-electron chi connectivity index (χ0n) is 11.6. The van der Waals surface area contributed by atoms with Gasteiger partial charge < -0.3 is 16.4 Å². The summed E-state index contributed by atoms with van der Waals surface area (Å²) in [5, 5.41) is 5.92. The van der Waals surface area contributed by atoms with Crippen molar-refractivity contribution in [1.29, 1.82) is 0 Å². The highest BCUT2D eigenvalue weighted by Crippen LogP contribution is 2.16. The Morgan fingerprint density at radius 1 is 1.37 bits per heavy atom. The molecule has 0 saturated heterocycles. The molecule has 5 heteroatoms. The number of nitrogens with one attached hydrogen (secondary N) is 2. The summed E-state index contributed by atoms with van der Waals surface area (Å²) in [6.07, 6.45) is 0.972. The van der Waals surface area contributed by atoms with Crippen molar-refractivity contribution in [2.45, 2.75) is 33.2 Å². The summed E-state index contributed by atoms with van der Waals surface area (Å²) >= 11 is 0. The van der Waals surface area contributed by atoms with E-state index in [4.69, 9.17) is 5.73 Å². The van der Waals surface area contributed by atoms with Crippen molar-refractivity contribution in [2.75, 3.05) is 11.9 Å². The molecule has 1 atom stereocenters. The topological polar surface area (TPSA) is 84.2 Å². The van der Waals surface area contributed by atoms with E-state index in [1.165, 1.54) is 0 Å². The van der Waals surface area contributed by atoms with Crippen LogP contribution in [-0.2, 0) is 4.79 Å². The van der Waals surface area contributed by atoms with E-state index in [-0.39, 0.29) is 12.5 Å². The SMILES string of the molecule is CCC(C)NCC(=O)Nc1ccc(C(N)=O)cc1C. The second kappa shape index (κ2) is 6.89. The van der Waals surface area contributed by atoms with Crippen LogP contribution in [0.5, 0.6) is 0 Å². The number of nitrogens with two attached hydrogens (primary N) is 1. The number of hydrogen-bond acceptors (Lipinski definition) is 3. The molecule has 0 aliphatic rings. The smallest absolute Gasteiger partial charge is 0.248 e. The quantitative estimate of drug-likeness (QED) is 0.725. The monoisotopic (exact) mass is 263 g/mol. The molecule has 0 aliphatic carbocycles. The summed E-state index contributed by atoms with van der Waals surface area (Å²) < 4.78 is 0. The van der Waals surface area contributed by atoms with Gasteiger partial charge in [-0.05, 0) is 44.0 Å². The molecule has 0 saturated carbocycles. The molecule has 0 aromatic heterocycles. The molecule has 0 aliphatic heterocycles. The van der Waals surface area contributed by atoms with Crippen molar-refractivity contribution >= 4 is 17.5 Å². The first-order valence-electron chi connectivity index (χ1n) is 6.37. The lowest BCUT2D eigenvalue weighted by Gasteiger charge is -2.12. The second-order valence-corrected chi connectivity index (χ2v) is 4.63. The van der Waals surface area contributed by atoms with E-state index in [1.807, 2.05) is 13.8 Å². The van der Waals surface area contributed by atoms with Crippen LogP contribution in [0, 0.1) is 6.92 Å². The van der Waals surface area contributed by atoms with Crippen molar-refractivity contribution in [3.05, 3.63) is 29.3 Å². The van der Waals surface area contributed by atoms with Gasteiger partial charge in [-0.2, -0.15) is 0 Å². The average Bonchev–Trinajstić information content (AvgIpc) is 2.38. The number of carbonyl (C=O) groups excluding carboxylic acids is 2. The van der Waals surface area contributed by atoms with Gasteiger partial charge >= 0.3 is 0 Å². The average molecular weight is 263 g/mol. The molecular formula is C14H21N3O2. The molecule has 0 spiro atoms. The molecule has 2 amide bonds. The van der Waals surface area contributed by atoms with Crippen molar-refractivity contribution in [3.63, 3.8) is 0 Å². The minimum absolute atomic E-state index is 0.102. The van der Waals surface area contributed by atoms with Gasteiger partial charge in [-0.15, -0.1) is 0 Å². The van der Waals surface area contributed by atoms with E-state index < -0.39 is 5.91 Å². The third kappa shape index (κ3) is 4.71. The van der Waals surface area contributed by atoms with E-state index >= 15 is 0 Å². The molecule has 4 N–H and O–H groups in total. The number of rotatable bonds is 6. The van der Waals surface area contributed by atoms with Crippen LogP contribution in [0.3, 0.4) is 0 Å². The zero-order chi connectivity index (χ0) is 14.4. The number of benzene rings is 1. The number of hydrogen-bond donors (Lipinski definition) is 3. The van der Waals surface area contributed by atoms with Gasteiger partial charge in [-0.1, -0.05) is 6.92 Å². The predicted octanol–water partition coefficient (Wildman–Crippen LogP) is 1.42. The van der Waals surface area contributed by atoms with E-state index in [1.54, 1.807) is 18.2 Å². The number of aryl methyl sites for hydroxylation is 1. The molecular weight excluding hydrogens is 242 g/mol. The third-order valence-corrected chi connectivity index (χ3v) is 3.01. The van der Waals surface area contributed by atoms with Crippen LogP contribution in [0.15, 0.2) is 18.2 Å². The summed E-state index contributed by atoms with van der Waals surface area (Å²) in [7, 11) is 0. The summed E-state index contributed by atoms with van der Waals surface area (Å²) in [5.74, 6) is -0.574. The van der Waals surface area contributed by atoms with E-state index in [9.17, 15) is 9.59 Å². The highest BCUT2D eigenvalue weighted by atomic mass is 16.2. The van der Waals surface area contributed by atoms with E-state index in [0.29, 0.717) is 17.3 Å². The van der Waals surface area contributed by atoms with Crippen molar-refractivity contribution < 1.29 is 9.59 Å².